The normalized spacial score (nSPS) is 11.8. The molecule has 0 bridgehead atoms. The lowest BCUT2D eigenvalue weighted by Gasteiger charge is -2.25. The lowest BCUT2D eigenvalue weighted by Crippen LogP contribution is -2.47. The summed E-state index contributed by atoms with van der Waals surface area (Å²) < 4.78 is 5.67. The SMILES string of the molecule is O=C(O)CN(CC(=O)O)C(Cc1ccc(OCc2ccccc2)cc1)C(=O)O. The van der Waals surface area contributed by atoms with Gasteiger partial charge in [-0.05, 0) is 29.7 Å². The molecule has 0 saturated heterocycles. The third-order valence-corrected chi connectivity index (χ3v) is 4.00. The molecule has 8 nitrogen and oxygen atoms in total. The summed E-state index contributed by atoms with van der Waals surface area (Å²) in [6, 6.07) is 15.1. The fraction of sp³-hybridized carbons (Fsp3) is 0.250. The lowest BCUT2D eigenvalue weighted by molar-refractivity contribution is -0.149. The van der Waals surface area contributed by atoms with Crippen LogP contribution in [0.25, 0.3) is 0 Å². The van der Waals surface area contributed by atoms with E-state index < -0.39 is 37.0 Å². The topological polar surface area (TPSA) is 124 Å². The maximum Gasteiger partial charge on any atom is 0.321 e. The number of hydrogen-bond donors (Lipinski definition) is 3. The minimum absolute atomic E-state index is 0.0329. The van der Waals surface area contributed by atoms with Crippen molar-refractivity contribution in [2.45, 2.75) is 19.1 Å². The lowest BCUT2D eigenvalue weighted by atomic mass is 10.0. The molecule has 2 rings (SSSR count). The third kappa shape index (κ3) is 6.73. The van der Waals surface area contributed by atoms with Crippen LogP contribution in [0.4, 0.5) is 0 Å². The molecule has 0 aliphatic heterocycles. The van der Waals surface area contributed by atoms with Crippen LogP contribution in [0.3, 0.4) is 0 Å². The van der Waals surface area contributed by atoms with Gasteiger partial charge >= 0.3 is 17.9 Å². The standard InChI is InChI=1S/C20H21NO7/c22-18(23)11-21(12-19(24)25)17(20(26)27)10-14-6-8-16(9-7-14)28-13-15-4-2-1-3-5-15/h1-9,17H,10-13H2,(H,22,23)(H,24,25)(H,26,27). The third-order valence-electron chi connectivity index (χ3n) is 4.00. The molecule has 0 aliphatic rings. The highest BCUT2D eigenvalue weighted by molar-refractivity contribution is 5.78. The molecule has 1 atom stereocenters. The Labute approximate surface area is 161 Å². The second kappa shape index (κ2) is 10.1. The highest BCUT2D eigenvalue weighted by Crippen LogP contribution is 2.17. The number of aliphatic carboxylic acids is 3. The largest absolute Gasteiger partial charge is 0.489 e. The fourth-order valence-corrected chi connectivity index (χ4v) is 2.68. The zero-order valence-electron chi connectivity index (χ0n) is 15.0. The molecule has 2 aromatic carbocycles. The van der Waals surface area contributed by atoms with Crippen LogP contribution in [-0.4, -0.2) is 57.3 Å². The number of rotatable bonds is 11. The van der Waals surface area contributed by atoms with E-state index >= 15 is 0 Å². The molecular weight excluding hydrogens is 366 g/mol. The highest BCUT2D eigenvalue weighted by atomic mass is 16.5. The number of hydrogen-bond acceptors (Lipinski definition) is 5. The summed E-state index contributed by atoms with van der Waals surface area (Å²) >= 11 is 0. The van der Waals surface area contributed by atoms with E-state index in [0.29, 0.717) is 17.9 Å². The first-order chi connectivity index (χ1) is 13.3. The van der Waals surface area contributed by atoms with Gasteiger partial charge in [-0.1, -0.05) is 42.5 Å². The quantitative estimate of drug-likeness (QED) is 0.532. The van der Waals surface area contributed by atoms with Crippen molar-refractivity contribution in [1.29, 1.82) is 0 Å². The van der Waals surface area contributed by atoms with Crippen LogP contribution in [0.15, 0.2) is 54.6 Å². The van der Waals surface area contributed by atoms with Crippen LogP contribution in [0.5, 0.6) is 5.75 Å². The number of ether oxygens (including phenoxy) is 1. The molecule has 0 heterocycles. The van der Waals surface area contributed by atoms with Gasteiger partial charge in [-0.2, -0.15) is 0 Å². The van der Waals surface area contributed by atoms with Crippen LogP contribution in [0, 0.1) is 0 Å². The monoisotopic (exact) mass is 387 g/mol. The Morgan fingerprint density at radius 1 is 0.821 bits per heavy atom. The predicted octanol–water partition coefficient (Wildman–Crippen LogP) is 1.73. The minimum Gasteiger partial charge on any atom is -0.489 e. The Kier molecular flexibility index (Phi) is 7.53. The molecule has 0 aliphatic carbocycles. The second-order valence-electron chi connectivity index (χ2n) is 6.17. The number of carboxylic acids is 3. The van der Waals surface area contributed by atoms with E-state index in [1.54, 1.807) is 24.3 Å². The molecule has 148 valence electrons. The van der Waals surface area contributed by atoms with Crippen molar-refractivity contribution in [2.75, 3.05) is 13.1 Å². The molecule has 1 unspecified atom stereocenters. The highest BCUT2D eigenvalue weighted by Gasteiger charge is 2.29. The van der Waals surface area contributed by atoms with E-state index in [2.05, 4.69) is 0 Å². The second-order valence-corrected chi connectivity index (χ2v) is 6.17. The summed E-state index contributed by atoms with van der Waals surface area (Å²) in [5, 5.41) is 27.3. The van der Waals surface area contributed by atoms with E-state index in [1.807, 2.05) is 30.3 Å². The van der Waals surface area contributed by atoms with Crippen LogP contribution < -0.4 is 4.74 Å². The van der Waals surface area contributed by atoms with Gasteiger partial charge in [-0.15, -0.1) is 0 Å². The number of carboxylic acid groups (broad SMARTS) is 3. The van der Waals surface area contributed by atoms with Gasteiger partial charge < -0.3 is 20.1 Å². The predicted molar refractivity (Wildman–Crippen MR) is 99.2 cm³/mol. The molecule has 2 aromatic rings. The maximum atomic E-state index is 11.6. The maximum absolute atomic E-state index is 11.6. The number of carbonyl (C=O) groups is 3. The summed E-state index contributed by atoms with van der Waals surface area (Å²) in [5.41, 5.74) is 1.63. The summed E-state index contributed by atoms with van der Waals surface area (Å²) in [4.78, 5) is 34.4. The van der Waals surface area contributed by atoms with Crippen molar-refractivity contribution >= 4 is 17.9 Å². The first-order valence-corrected chi connectivity index (χ1v) is 8.51. The van der Waals surface area contributed by atoms with E-state index in [0.717, 1.165) is 10.5 Å². The minimum atomic E-state index is -1.29. The van der Waals surface area contributed by atoms with E-state index in [-0.39, 0.29) is 6.42 Å². The van der Waals surface area contributed by atoms with E-state index in [4.69, 9.17) is 14.9 Å². The van der Waals surface area contributed by atoms with Gasteiger partial charge in [0.05, 0.1) is 13.1 Å². The van der Waals surface area contributed by atoms with Crippen molar-refractivity contribution in [3.8, 4) is 5.75 Å². The van der Waals surface area contributed by atoms with Gasteiger partial charge in [0.2, 0.25) is 0 Å². The van der Waals surface area contributed by atoms with Gasteiger partial charge in [0.15, 0.2) is 0 Å². The Morgan fingerprint density at radius 3 is 1.89 bits per heavy atom. The van der Waals surface area contributed by atoms with Crippen LogP contribution in [0.2, 0.25) is 0 Å². The molecule has 0 amide bonds. The summed E-state index contributed by atoms with van der Waals surface area (Å²) in [6.07, 6.45) is -0.0329. The molecular formula is C20H21NO7. The van der Waals surface area contributed by atoms with Gasteiger partial charge in [-0.3, -0.25) is 19.3 Å². The summed E-state index contributed by atoms with van der Waals surface area (Å²) in [5.74, 6) is -3.27. The first-order valence-electron chi connectivity index (χ1n) is 8.51. The van der Waals surface area contributed by atoms with Gasteiger partial charge in [0.25, 0.3) is 0 Å². The van der Waals surface area contributed by atoms with Crippen molar-refractivity contribution in [3.05, 3.63) is 65.7 Å². The van der Waals surface area contributed by atoms with Crippen LogP contribution >= 0.6 is 0 Å². The molecule has 28 heavy (non-hydrogen) atoms. The first kappa shape index (κ1) is 20.9. The molecule has 0 radical (unpaired) electrons. The van der Waals surface area contributed by atoms with Gasteiger partial charge in [-0.25, -0.2) is 0 Å². The summed E-state index contributed by atoms with van der Waals surface area (Å²) in [7, 11) is 0. The average Bonchev–Trinajstić information content (AvgIpc) is 2.64. The van der Waals surface area contributed by atoms with Crippen molar-refractivity contribution in [2.24, 2.45) is 0 Å². The van der Waals surface area contributed by atoms with Crippen LogP contribution in [-0.2, 0) is 27.4 Å². The summed E-state index contributed by atoms with van der Waals surface area (Å²) in [6.45, 7) is -0.966. The molecule has 0 aromatic heterocycles. The zero-order chi connectivity index (χ0) is 20.5. The molecule has 0 fully saturated rings. The average molecular weight is 387 g/mol. The fourth-order valence-electron chi connectivity index (χ4n) is 2.68. The van der Waals surface area contributed by atoms with Crippen molar-refractivity contribution < 1.29 is 34.4 Å². The number of benzene rings is 2. The molecule has 3 N–H and O–H groups in total. The Morgan fingerprint density at radius 2 is 1.39 bits per heavy atom. The smallest absolute Gasteiger partial charge is 0.321 e. The van der Waals surface area contributed by atoms with Gasteiger partial charge in [0, 0.05) is 0 Å². The van der Waals surface area contributed by atoms with Crippen molar-refractivity contribution in [3.63, 3.8) is 0 Å². The van der Waals surface area contributed by atoms with E-state index in [9.17, 15) is 19.5 Å². The van der Waals surface area contributed by atoms with E-state index in [1.165, 1.54) is 0 Å². The van der Waals surface area contributed by atoms with Crippen molar-refractivity contribution in [1.82, 2.24) is 4.90 Å². The molecule has 0 spiro atoms. The zero-order valence-corrected chi connectivity index (χ0v) is 15.0. The Hall–Kier alpha value is -3.39. The molecule has 0 saturated carbocycles. The number of nitrogens with zero attached hydrogens (tertiary/aromatic N) is 1. The Balaban J connectivity index is 2.04. The van der Waals surface area contributed by atoms with Gasteiger partial charge in [0.1, 0.15) is 18.4 Å². The molecule has 8 heteroatoms. The Bertz CT molecular complexity index is 789. The van der Waals surface area contributed by atoms with Crippen LogP contribution in [0.1, 0.15) is 11.1 Å².